The Balaban J connectivity index is 1.66. The van der Waals surface area contributed by atoms with E-state index < -0.39 is 6.10 Å². The van der Waals surface area contributed by atoms with E-state index in [0.29, 0.717) is 13.1 Å². The average molecular weight is 275 g/mol. The molecule has 2 rings (SSSR count). The van der Waals surface area contributed by atoms with Crippen LogP contribution in [0.1, 0.15) is 11.1 Å². The van der Waals surface area contributed by atoms with Gasteiger partial charge in [0.2, 0.25) is 0 Å². The zero-order valence-corrected chi connectivity index (χ0v) is 11.9. The number of hydrogen-bond donors (Lipinski definition) is 2. The van der Waals surface area contributed by atoms with Gasteiger partial charge in [0.25, 0.3) is 0 Å². The van der Waals surface area contributed by atoms with Crippen LogP contribution in [0.25, 0.3) is 0 Å². The van der Waals surface area contributed by atoms with Crippen molar-refractivity contribution < 1.29 is 9.84 Å². The van der Waals surface area contributed by atoms with Gasteiger partial charge in [-0.05, 0) is 24.6 Å². The number of benzene rings is 1. The van der Waals surface area contributed by atoms with E-state index in [9.17, 15) is 5.11 Å². The Morgan fingerprint density at radius 2 is 2.30 bits per heavy atom. The summed E-state index contributed by atoms with van der Waals surface area (Å²) >= 11 is 0. The number of aryl methyl sites for hydroxylation is 2. The molecule has 2 N–H and O–H groups in total. The fourth-order valence-corrected chi connectivity index (χ4v) is 1.90. The van der Waals surface area contributed by atoms with E-state index in [-0.39, 0.29) is 6.61 Å². The summed E-state index contributed by atoms with van der Waals surface area (Å²) in [5.74, 6) is 0.788. The summed E-state index contributed by atoms with van der Waals surface area (Å²) in [4.78, 5) is 0. The maximum atomic E-state index is 9.85. The molecule has 1 heterocycles. The number of nitrogens with zero attached hydrogens (tertiary/aromatic N) is 2. The number of nitrogens with one attached hydrogen (secondary N) is 1. The number of hydrogen-bond acceptors (Lipinski definition) is 4. The molecule has 0 bridgehead atoms. The highest BCUT2D eigenvalue weighted by molar-refractivity contribution is 5.27. The highest BCUT2D eigenvalue weighted by Crippen LogP contribution is 2.12. The molecule has 1 aromatic heterocycles. The van der Waals surface area contributed by atoms with Crippen molar-refractivity contribution in [1.82, 2.24) is 15.1 Å². The highest BCUT2D eigenvalue weighted by atomic mass is 16.5. The molecule has 0 amide bonds. The molecule has 0 saturated carbocycles. The predicted molar refractivity (Wildman–Crippen MR) is 77.6 cm³/mol. The van der Waals surface area contributed by atoms with Crippen LogP contribution in [0.2, 0.25) is 0 Å². The highest BCUT2D eigenvalue weighted by Gasteiger charge is 2.05. The van der Waals surface area contributed by atoms with Gasteiger partial charge in [0.15, 0.2) is 0 Å². The van der Waals surface area contributed by atoms with Crippen LogP contribution >= 0.6 is 0 Å². The number of aliphatic hydroxyl groups is 1. The zero-order valence-electron chi connectivity index (χ0n) is 11.9. The molecule has 0 aliphatic carbocycles. The molecular weight excluding hydrogens is 254 g/mol. The summed E-state index contributed by atoms with van der Waals surface area (Å²) in [7, 11) is 1.88. The van der Waals surface area contributed by atoms with Crippen LogP contribution in [0, 0.1) is 6.92 Å². The van der Waals surface area contributed by atoms with Gasteiger partial charge in [-0.15, -0.1) is 0 Å². The van der Waals surface area contributed by atoms with Gasteiger partial charge in [-0.2, -0.15) is 5.10 Å². The molecular formula is C15H21N3O2. The number of aliphatic hydroxyl groups excluding tert-OH is 1. The first-order valence-corrected chi connectivity index (χ1v) is 6.69. The van der Waals surface area contributed by atoms with Crippen LogP contribution in [0.15, 0.2) is 36.7 Å². The van der Waals surface area contributed by atoms with Crippen molar-refractivity contribution in [3.63, 3.8) is 0 Å². The standard InChI is InChI=1S/C15H21N3O2/c1-12-4-3-5-15(6-12)20-11-14(19)9-16-7-13-8-17-18(2)10-13/h3-6,8,10,14,16,19H,7,9,11H2,1-2H3. The van der Waals surface area contributed by atoms with Gasteiger partial charge in [0, 0.05) is 31.9 Å². The van der Waals surface area contributed by atoms with E-state index in [1.807, 2.05) is 50.6 Å². The number of rotatable bonds is 7. The molecule has 2 aromatic rings. The van der Waals surface area contributed by atoms with Crippen molar-refractivity contribution in [2.75, 3.05) is 13.2 Å². The minimum absolute atomic E-state index is 0.281. The van der Waals surface area contributed by atoms with Gasteiger partial charge in [-0.1, -0.05) is 12.1 Å². The Hall–Kier alpha value is -1.85. The zero-order chi connectivity index (χ0) is 14.4. The van der Waals surface area contributed by atoms with Gasteiger partial charge < -0.3 is 15.2 Å². The molecule has 1 aromatic carbocycles. The second-order valence-corrected chi connectivity index (χ2v) is 4.93. The first-order valence-electron chi connectivity index (χ1n) is 6.69. The largest absolute Gasteiger partial charge is 0.491 e. The Morgan fingerprint density at radius 3 is 3.00 bits per heavy atom. The lowest BCUT2D eigenvalue weighted by Gasteiger charge is -2.13. The Kier molecular flexibility index (Phi) is 5.15. The molecule has 1 unspecified atom stereocenters. The molecule has 108 valence electrons. The monoisotopic (exact) mass is 275 g/mol. The fraction of sp³-hybridized carbons (Fsp3) is 0.400. The van der Waals surface area contributed by atoms with Crippen LogP contribution in [-0.4, -0.2) is 34.1 Å². The lowest BCUT2D eigenvalue weighted by atomic mass is 10.2. The Bertz CT molecular complexity index is 539. The maximum absolute atomic E-state index is 9.85. The number of aromatic nitrogens is 2. The molecule has 0 aliphatic heterocycles. The van der Waals surface area contributed by atoms with E-state index in [0.717, 1.165) is 16.9 Å². The van der Waals surface area contributed by atoms with E-state index >= 15 is 0 Å². The molecule has 5 nitrogen and oxygen atoms in total. The van der Waals surface area contributed by atoms with Gasteiger partial charge in [0.1, 0.15) is 18.5 Å². The minimum atomic E-state index is -0.535. The van der Waals surface area contributed by atoms with E-state index in [4.69, 9.17) is 4.74 Å². The van der Waals surface area contributed by atoms with Crippen molar-refractivity contribution >= 4 is 0 Å². The van der Waals surface area contributed by atoms with Crippen LogP contribution < -0.4 is 10.1 Å². The van der Waals surface area contributed by atoms with Crippen molar-refractivity contribution in [3.8, 4) is 5.75 Å². The van der Waals surface area contributed by atoms with E-state index in [1.165, 1.54) is 0 Å². The predicted octanol–water partition coefficient (Wildman–Crippen LogP) is 1.26. The third-order valence-electron chi connectivity index (χ3n) is 2.90. The molecule has 0 spiro atoms. The first kappa shape index (κ1) is 14.6. The summed E-state index contributed by atoms with van der Waals surface area (Å²) in [5, 5.41) is 17.1. The summed E-state index contributed by atoms with van der Waals surface area (Å²) in [6.45, 7) is 3.47. The minimum Gasteiger partial charge on any atom is -0.491 e. The molecule has 0 radical (unpaired) electrons. The average Bonchev–Trinajstić information content (AvgIpc) is 2.82. The molecule has 5 heteroatoms. The SMILES string of the molecule is Cc1cccc(OCC(O)CNCc2cnn(C)c2)c1. The van der Waals surface area contributed by atoms with Crippen LogP contribution in [0.5, 0.6) is 5.75 Å². The Labute approximate surface area is 119 Å². The van der Waals surface area contributed by atoms with Crippen LogP contribution in [-0.2, 0) is 13.6 Å². The van der Waals surface area contributed by atoms with Crippen LogP contribution in [0.4, 0.5) is 0 Å². The van der Waals surface area contributed by atoms with Crippen molar-refractivity contribution in [1.29, 1.82) is 0 Å². The summed E-state index contributed by atoms with van der Waals surface area (Å²) < 4.78 is 7.31. The summed E-state index contributed by atoms with van der Waals surface area (Å²) in [5.41, 5.74) is 2.24. The van der Waals surface area contributed by atoms with Gasteiger partial charge in [-0.3, -0.25) is 4.68 Å². The second-order valence-electron chi connectivity index (χ2n) is 4.93. The van der Waals surface area contributed by atoms with Crippen molar-refractivity contribution in [3.05, 3.63) is 47.8 Å². The quantitative estimate of drug-likeness (QED) is 0.798. The van der Waals surface area contributed by atoms with Crippen LogP contribution in [0.3, 0.4) is 0 Å². The molecule has 20 heavy (non-hydrogen) atoms. The fourth-order valence-electron chi connectivity index (χ4n) is 1.90. The topological polar surface area (TPSA) is 59.3 Å². The van der Waals surface area contributed by atoms with Gasteiger partial charge >= 0.3 is 0 Å². The smallest absolute Gasteiger partial charge is 0.119 e. The molecule has 1 atom stereocenters. The van der Waals surface area contributed by atoms with Gasteiger partial charge in [0.05, 0.1) is 6.20 Å². The van der Waals surface area contributed by atoms with E-state index in [2.05, 4.69) is 10.4 Å². The van der Waals surface area contributed by atoms with Gasteiger partial charge in [-0.25, -0.2) is 0 Å². The molecule has 0 saturated heterocycles. The lowest BCUT2D eigenvalue weighted by molar-refractivity contribution is 0.106. The third kappa shape index (κ3) is 4.68. The van der Waals surface area contributed by atoms with E-state index in [1.54, 1.807) is 4.68 Å². The lowest BCUT2D eigenvalue weighted by Crippen LogP contribution is -2.31. The first-order chi connectivity index (χ1) is 9.63. The number of ether oxygens (including phenoxy) is 1. The summed E-state index contributed by atoms with van der Waals surface area (Å²) in [6, 6.07) is 7.80. The molecule has 0 aliphatic rings. The second kappa shape index (κ2) is 7.07. The Morgan fingerprint density at radius 1 is 1.45 bits per heavy atom. The van der Waals surface area contributed by atoms with Crippen molar-refractivity contribution in [2.24, 2.45) is 7.05 Å². The molecule has 0 fully saturated rings. The summed E-state index contributed by atoms with van der Waals surface area (Å²) in [6.07, 6.45) is 3.22. The van der Waals surface area contributed by atoms with Crippen molar-refractivity contribution in [2.45, 2.75) is 19.6 Å². The maximum Gasteiger partial charge on any atom is 0.119 e. The normalized spacial score (nSPS) is 12.3. The third-order valence-corrected chi connectivity index (χ3v) is 2.90.